The third-order valence-corrected chi connectivity index (χ3v) is 6.76. The number of ether oxygens (including phenoxy) is 2. The lowest BCUT2D eigenvalue weighted by atomic mass is 10.1. The Balaban J connectivity index is 1.49. The Morgan fingerprint density at radius 2 is 1.84 bits per heavy atom. The Labute approximate surface area is 189 Å². The average molecular weight is 446 g/mol. The summed E-state index contributed by atoms with van der Waals surface area (Å²) >= 11 is 1.76. The van der Waals surface area contributed by atoms with Crippen molar-refractivity contribution >= 4 is 39.0 Å². The van der Waals surface area contributed by atoms with Crippen molar-refractivity contribution in [1.29, 1.82) is 0 Å². The summed E-state index contributed by atoms with van der Waals surface area (Å²) in [5.74, 6) is 2.76. The summed E-state index contributed by atoms with van der Waals surface area (Å²) in [6.07, 6.45) is 1.85. The van der Waals surface area contributed by atoms with Gasteiger partial charge in [0, 0.05) is 32.2 Å². The van der Waals surface area contributed by atoms with Gasteiger partial charge in [-0.15, -0.1) is 11.3 Å². The van der Waals surface area contributed by atoms with Crippen LogP contribution in [0.25, 0.3) is 32.2 Å². The molecule has 32 heavy (non-hydrogen) atoms. The molecule has 1 unspecified atom stereocenters. The highest BCUT2D eigenvalue weighted by Crippen LogP contribution is 2.38. The van der Waals surface area contributed by atoms with E-state index in [4.69, 9.17) is 9.47 Å². The van der Waals surface area contributed by atoms with Gasteiger partial charge in [0.15, 0.2) is 11.5 Å². The molecule has 0 saturated heterocycles. The highest BCUT2D eigenvalue weighted by Gasteiger charge is 2.16. The lowest BCUT2D eigenvalue weighted by Gasteiger charge is -2.16. The largest absolute Gasteiger partial charge is 0.493 e. The lowest BCUT2D eigenvalue weighted by molar-refractivity contribution is 0.356. The minimum atomic E-state index is 0.0558. The molecule has 162 valence electrons. The van der Waals surface area contributed by atoms with Gasteiger partial charge in [-0.25, -0.2) is 9.97 Å². The van der Waals surface area contributed by atoms with E-state index in [0.717, 1.165) is 33.2 Å². The van der Waals surface area contributed by atoms with Crippen LogP contribution in [0, 0.1) is 6.92 Å². The molecule has 0 aliphatic heterocycles. The molecule has 3 aromatic heterocycles. The van der Waals surface area contributed by atoms with E-state index in [0.29, 0.717) is 17.3 Å². The van der Waals surface area contributed by atoms with Crippen LogP contribution in [-0.2, 0) is 0 Å². The van der Waals surface area contributed by atoms with E-state index in [1.165, 1.54) is 9.75 Å². The number of nitrogens with one attached hydrogen (secondary N) is 2. The second kappa shape index (κ2) is 8.12. The smallest absolute Gasteiger partial charge is 0.162 e. The molecular formula is C24H23N5O2S. The number of anilines is 1. The van der Waals surface area contributed by atoms with Gasteiger partial charge in [0.1, 0.15) is 11.6 Å². The minimum Gasteiger partial charge on any atom is -0.493 e. The minimum absolute atomic E-state index is 0.0558. The maximum absolute atomic E-state index is 5.49. The monoisotopic (exact) mass is 445 g/mol. The van der Waals surface area contributed by atoms with E-state index in [1.807, 2.05) is 25.3 Å². The van der Waals surface area contributed by atoms with E-state index in [2.05, 4.69) is 62.7 Å². The van der Waals surface area contributed by atoms with E-state index >= 15 is 0 Å². The van der Waals surface area contributed by atoms with Gasteiger partial charge >= 0.3 is 0 Å². The molecule has 7 nitrogen and oxygen atoms in total. The predicted molar refractivity (Wildman–Crippen MR) is 129 cm³/mol. The van der Waals surface area contributed by atoms with Gasteiger partial charge in [-0.1, -0.05) is 18.2 Å². The van der Waals surface area contributed by atoms with E-state index in [-0.39, 0.29) is 6.04 Å². The second-order valence-corrected chi connectivity index (χ2v) is 8.67. The van der Waals surface area contributed by atoms with Gasteiger partial charge in [-0.2, -0.15) is 5.10 Å². The van der Waals surface area contributed by atoms with Crippen LogP contribution >= 0.6 is 11.3 Å². The molecule has 0 aliphatic carbocycles. The van der Waals surface area contributed by atoms with Gasteiger partial charge < -0.3 is 14.8 Å². The zero-order valence-corrected chi connectivity index (χ0v) is 19.1. The molecule has 0 saturated carbocycles. The van der Waals surface area contributed by atoms with E-state index in [1.54, 1.807) is 25.6 Å². The van der Waals surface area contributed by atoms with Crippen molar-refractivity contribution in [2.45, 2.75) is 19.9 Å². The molecule has 0 radical (unpaired) electrons. The predicted octanol–water partition coefficient (Wildman–Crippen LogP) is 5.73. The first kappa shape index (κ1) is 20.3. The molecule has 0 amide bonds. The van der Waals surface area contributed by atoms with E-state index in [9.17, 15) is 0 Å². The van der Waals surface area contributed by atoms with Crippen LogP contribution in [0.2, 0.25) is 0 Å². The van der Waals surface area contributed by atoms with Crippen molar-refractivity contribution in [3.63, 3.8) is 0 Å². The molecule has 5 rings (SSSR count). The van der Waals surface area contributed by atoms with Crippen molar-refractivity contribution in [2.24, 2.45) is 0 Å². The number of para-hydroxylation sites is 1. The van der Waals surface area contributed by atoms with Crippen molar-refractivity contribution < 1.29 is 9.47 Å². The molecule has 1 atom stereocenters. The summed E-state index contributed by atoms with van der Waals surface area (Å²) in [4.78, 5) is 11.6. The fraction of sp³-hybridized carbons (Fsp3) is 0.208. The Hall–Kier alpha value is -3.65. The fourth-order valence-corrected chi connectivity index (χ4v) is 4.90. The van der Waals surface area contributed by atoms with Crippen LogP contribution in [0.4, 0.5) is 5.82 Å². The Kier molecular flexibility index (Phi) is 5.14. The number of hydrogen-bond acceptors (Lipinski definition) is 7. The van der Waals surface area contributed by atoms with Crippen LogP contribution < -0.4 is 14.8 Å². The zero-order valence-electron chi connectivity index (χ0n) is 18.3. The maximum atomic E-state index is 5.49. The number of aromatic amines is 1. The SMILES string of the molecule is COc1cc2nc(C)nc(NC(C)c3ccc(-c4cccc5cn[nH]c45)s3)c2cc1OC. The Bertz CT molecular complexity index is 1420. The standard InChI is InChI=1S/C24H23N5O2S/c1-13(21-8-9-22(32-21)16-7-5-6-15-12-25-29-23(15)16)26-24-17-10-19(30-3)20(31-4)11-18(17)27-14(2)28-24/h5-13H,1-4H3,(H,25,29)(H,26,27,28). The number of benzene rings is 2. The number of methoxy groups -OCH3 is 2. The van der Waals surface area contributed by atoms with Crippen molar-refractivity contribution in [3.8, 4) is 21.9 Å². The third kappa shape index (κ3) is 3.52. The quantitative estimate of drug-likeness (QED) is 0.347. The van der Waals surface area contributed by atoms with Gasteiger partial charge in [0.05, 0.1) is 37.5 Å². The third-order valence-electron chi connectivity index (χ3n) is 5.46. The Morgan fingerprint density at radius 1 is 1.03 bits per heavy atom. The first-order chi connectivity index (χ1) is 15.6. The van der Waals surface area contributed by atoms with Crippen LogP contribution in [-0.4, -0.2) is 34.4 Å². The van der Waals surface area contributed by atoms with Crippen LogP contribution in [0.15, 0.2) is 48.7 Å². The van der Waals surface area contributed by atoms with Crippen molar-refractivity contribution in [1.82, 2.24) is 20.2 Å². The summed E-state index contributed by atoms with van der Waals surface area (Å²) in [5, 5.41) is 12.9. The highest BCUT2D eigenvalue weighted by molar-refractivity contribution is 7.15. The topological polar surface area (TPSA) is 85.0 Å². The summed E-state index contributed by atoms with van der Waals surface area (Å²) in [7, 11) is 3.25. The molecular weight excluding hydrogens is 422 g/mol. The van der Waals surface area contributed by atoms with Crippen molar-refractivity contribution in [2.75, 3.05) is 19.5 Å². The van der Waals surface area contributed by atoms with Gasteiger partial charge in [0.25, 0.3) is 0 Å². The molecule has 3 heterocycles. The van der Waals surface area contributed by atoms with Gasteiger partial charge in [-0.3, -0.25) is 5.10 Å². The van der Waals surface area contributed by atoms with Crippen LogP contribution in [0.3, 0.4) is 0 Å². The van der Waals surface area contributed by atoms with Gasteiger partial charge in [-0.05, 0) is 32.0 Å². The number of H-pyrrole nitrogens is 1. The van der Waals surface area contributed by atoms with E-state index < -0.39 is 0 Å². The summed E-state index contributed by atoms with van der Waals surface area (Å²) in [6, 6.07) is 14.4. The molecule has 2 N–H and O–H groups in total. The molecule has 0 aliphatic rings. The second-order valence-electron chi connectivity index (χ2n) is 7.55. The molecule has 2 aromatic carbocycles. The lowest BCUT2D eigenvalue weighted by Crippen LogP contribution is -2.08. The first-order valence-corrected chi connectivity index (χ1v) is 11.1. The average Bonchev–Trinajstić information content (AvgIpc) is 3.47. The molecule has 8 heteroatoms. The Morgan fingerprint density at radius 3 is 2.66 bits per heavy atom. The number of nitrogens with zero attached hydrogens (tertiary/aromatic N) is 3. The molecule has 0 bridgehead atoms. The van der Waals surface area contributed by atoms with Crippen LogP contribution in [0.5, 0.6) is 11.5 Å². The number of aryl methyl sites for hydroxylation is 1. The number of fused-ring (bicyclic) bond motifs is 2. The summed E-state index contributed by atoms with van der Waals surface area (Å²) < 4.78 is 10.9. The van der Waals surface area contributed by atoms with Crippen LogP contribution in [0.1, 0.15) is 23.7 Å². The number of aromatic nitrogens is 4. The summed E-state index contributed by atoms with van der Waals surface area (Å²) in [6.45, 7) is 4.02. The fourth-order valence-electron chi connectivity index (χ4n) is 3.86. The molecule has 0 fully saturated rings. The highest BCUT2D eigenvalue weighted by atomic mass is 32.1. The normalized spacial score (nSPS) is 12.2. The maximum Gasteiger partial charge on any atom is 0.162 e. The number of thiophene rings is 1. The number of rotatable bonds is 6. The molecule has 5 aromatic rings. The summed E-state index contributed by atoms with van der Waals surface area (Å²) in [5.41, 5.74) is 3.02. The zero-order chi connectivity index (χ0) is 22.2. The van der Waals surface area contributed by atoms with Crippen molar-refractivity contribution in [3.05, 3.63) is 59.4 Å². The first-order valence-electron chi connectivity index (χ1n) is 10.3. The molecule has 0 spiro atoms. The number of hydrogen-bond donors (Lipinski definition) is 2. The van der Waals surface area contributed by atoms with Gasteiger partial charge in [0.2, 0.25) is 0 Å².